The number of halogens is 2. The van der Waals surface area contributed by atoms with Crippen molar-refractivity contribution in [1.29, 1.82) is 0 Å². The molecule has 4 nitrogen and oxygen atoms in total. The summed E-state index contributed by atoms with van der Waals surface area (Å²) in [6, 6.07) is 2.99. The Labute approximate surface area is 113 Å². The van der Waals surface area contributed by atoms with Crippen LogP contribution in [-0.2, 0) is 10.0 Å². The van der Waals surface area contributed by atoms with Gasteiger partial charge < -0.3 is 0 Å². The van der Waals surface area contributed by atoms with Crippen LogP contribution in [0.3, 0.4) is 0 Å². The molecule has 0 unspecified atom stereocenters. The third-order valence-electron chi connectivity index (χ3n) is 2.19. The maximum Gasteiger partial charge on any atom is 0.292 e. The molecule has 92 valence electrons. The van der Waals surface area contributed by atoms with E-state index in [-0.39, 0.29) is 4.21 Å². The number of nitrogens with zero attached hydrogens (tertiary/aromatic N) is 2. The fourth-order valence-corrected chi connectivity index (χ4v) is 4.43. The second-order valence-electron chi connectivity index (χ2n) is 3.39. The van der Waals surface area contributed by atoms with Gasteiger partial charge in [-0.05, 0) is 26.0 Å². The Balaban J connectivity index is 2.64. The first-order chi connectivity index (χ1) is 7.84. The van der Waals surface area contributed by atoms with Crippen LogP contribution in [0.25, 0.3) is 0 Å². The van der Waals surface area contributed by atoms with Gasteiger partial charge in [-0.2, -0.15) is 17.6 Å². The Kier molecular flexibility index (Phi) is 3.24. The van der Waals surface area contributed by atoms with Gasteiger partial charge in [0.25, 0.3) is 10.0 Å². The van der Waals surface area contributed by atoms with Gasteiger partial charge in [0.2, 0.25) is 0 Å². The first-order valence-electron chi connectivity index (χ1n) is 4.56. The van der Waals surface area contributed by atoms with Crippen LogP contribution in [0.1, 0.15) is 11.4 Å². The number of aryl methyl sites for hydroxylation is 1. The highest BCUT2D eigenvalue weighted by atomic mass is 35.5. The first kappa shape index (κ1) is 12.9. The standard InChI is InChI=1S/C9H8Cl2N2O2S2/c1-5-9(11)6(2)13(12-5)17(14,15)8-4-3-7(10)16-8/h3-4H,1-2H3. The molecule has 8 heteroatoms. The van der Waals surface area contributed by atoms with E-state index in [0.717, 1.165) is 15.4 Å². The number of hydrogen-bond acceptors (Lipinski definition) is 4. The van der Waals surface area contributed by atoms with Crippen molar-refractivity contribution in [2.24, 2.45) is 0 Å². The van der Waals surface area contributed by atoms with Crippen molar-refractivity contribution in [2.75, 3.05) is 0 Å². The summed E-state index contributed by atoms with van der Waals surface area (Å²) in [4.78, 5) is 0. The van der Waals surface area contributed by atoms with Crippen LogP contribution in [0, 0.1) is 13.8 Å². The van der Waals surface area contributed by atoms with Crippen molar-refractivity contribution < 1.29 is 8.42 Å². The fourth-order valence-electron chi connectivity index (χ4n) is 1.36. The van der Waals surface area contributed by atoms with Crippen LogP contribution in [-0.4, -0.2) is 17.6 Å². The average Bonchev–Trinajstić information content (AvgIpc) is 2.79. The molecule has 0 bridgehead atoms. The molecule has 0 saturated heterocycles. The Morgan fingerprint density at radius 1 is 1.29 bits per heavy atom. The number of rotatable bonds is 2. The second-order valence-corrected chi connectivity index (χ2v) is 7.48. The van der Waals surface area contributed by atoms with Crippen LogP contribution in [0.15, 0.2) is 16.3 Å². The lowest BCUT2D eigenvalue weighted by molar-refractivity contribution is 0.580. The molecular weight excluding hydrogens is 303 g/mol. The van der Waals surface area contributed by atoms with Gasteiger partial charge in [0.1, 0.15) is 4.21 Å². The predicted molar refractivity (Wildman–Crippen MR) is 68.6 cm³/mol. The molecule has 0 spiro atoms. The topological polar surface area (TPSA) is 52.0 Å². The van der Waals surface area contributed by atoms with Gasteiger partial charge in [0, 0.05) is 0 Å². The zero-order chi connectivity index (χ0) is 12.8. The molecular formula is C9H8Cl2N2O2S2. The van der Waals surface area contributed by atoms with Gasteiger partial charge in [0.05, 0.1) is 20.7 Å². The van der Waals surface area contributed by atoms with Crippen molar-refractivity contribution >= 4 is 44.6 Å². The Hall–Kier alpha value is -0.560. The first-order valence-corrected chi connectivity index (χ1v) is 7.58. The van der Waals surface area contributed by atoms with E-state index in [9.17, 15) is 8.42 Å². The summed E-state index contributed by atoms with van der Waals surface area (Å²) in [5.41, 5.74) is 0.879. The van der Waals surface area contributed by atoms with E-state index in [1.165, 1.54) is 12.1 Å². The molecule has 0 aromatic carbocycles. The maximum atomic E-state index is 12.2. The van der Waals surface area contributed by atoms with E-state index >= 15 is 0 Å². The van der Waals surface area contributed by atoms with Crippen LogP contribution in [0.4, 0.5) is 0 Å². The van der Waals surface area contributed by atoms with E-state index < -0.39 is 10.0 Å². The minimum Gasteiger partial charge on any atom is -0.198 e. The molecule has 2 heterocycles. The summed E-state index contributed by atoms with van der Waals surface area (Å²) in [5, 5.41) is 4.29. The molecule has 2 aromatic heterocycles. The minimum atomic E-state index is -3.70. The van der Waals surface area contributed by atoms with Crippen LogP contribution < -0.4 is 0 Å². The van der Waals surface area contributed by atoms with E-state index in [4.69, 9.17) is 23.2 Å². The van der Waals surface area contributed by atoms with Gasteiger partial charge in [0.15, 0.2) is 0 Å². The monoisotopic (exact) mass is 310 g/mol. The zero-order valence-corrected chi connectivity index (χ0v) is 12.1. The van der Waals surface area contributed by atoms with E-state index in [2.05, 4.69) is 5.10 Å². The van der Waals surface area contributed by atoms with E-state index in [0.29, 0.717) is 20.7 Å². The van der Waals surface area contributed by atoms with Crippen molar-refractivity contribution in [3.8, 4) is 0 Å². The Bertz CT molecular complexity index is 673. The highest BCUT2D eigenvalue weighted by Crippen LogP contribution is 2.29. The lowest BCUT2D eigenvalue weighted by Crippen LogP contribution is -2.14. The molecule has 0 aliphatic rings. The van der Waals surface area contributed by atoms with Crippen molar-refractivity contribution in [3.05, 3.63) is 32.9 Å². The summed E-state index contributed by atoms with van der Waals surface area (Å²) >= 11 is 12.6. The highest BCUT2D eigenvalue weighted by molar-refractivity contribution is 7.92. The van der Waals surface area contributed by atoms with Crippen molar-refractivity contribution in [2.45, 2.75) is 18.1 Å². The lowest BCUT2D eigenvalue weighted by Gasteiger charge is -2.03. The molecule has 0 fully saturated rings. The highest BCUT2D eigenvalue weighted by Gasteiger charge is 2.24. The average molecular weight is 311 g/mol. The van der Waals surface area contributed by atoms with E-state index in [1.807, 2.05) is 0 Å². The largest absolute Gasteiger partial charge is 0.292 e. The van der Waals surface area contributed by atoms with Crippen molar-refractivity contribution in [3.63, 3.8) is 0 Å². The molecule has 0 atom stereocenters. The van der Waals surface area contributed by atoms with Crippen LogP contribution >= 0.6 is 34.5 Å². The molecule has 2 aromatic rings. The lowest BCUT2D eigenvalue weighted by atomic mass is 10.4. The molecule has 2 rings (SSSR count). The van der Waals surface area contributed by atoms with Gasteiger partial charge in [-0.15, -0.1) is 11.3 Å². The second kappa shape index (κ2) is 4.28. The third-order valence-corrected chi connectivity index (χ3v) is 6.10. The van der Waals surface area contributed by atoms with Crippen LogP contribution in [0.2, 0.25) is 9.36 Å². The summed E-state index contributed by atoms with van der Waals surface area (Å²) < 4.78 is 25.9. The molecule has 0 aliphatic heterocycles. The quantitative estimate of drug-likeness (QED) is 0.856. The molecule has 0 amide bonds. The summed E-state index contributed by atoms with van der Waals surface area (Å²) in [6.07, 6.45) is 0. The third kappa shape index (κ3) is 2.10. The summed E-state index contributed by atoms with van der Waals surface area (Å²) in [6.45, 7) is 3.26. The Morgan fingerprint density at radius 2 is 1.94 bits per heavy atom. The number of thiophene rings is 1. The summed E-state index contributed by atoms with van der Waals surface area (Å²) in [5.74, 6) is 0. The molecule has 0 saturated carbocycles. The molecule has 0 N–H and O–H groups in total. The van der Waals surface area contributed by atoms with Gasteiger partial charge in [-0.3, -0.25) is 0 Å². The van der Waals surface area contributed by atoms with Gasteiger partial charge in [-0.25, -0.2) is 0 Å². The number of aromatic nitrogens is 2. The maximum absolute atomic E-state index is 12.2. The van der Waals surface area contributed by atoms with Crippen molar-refractivity contribution in [1.82, 2.24) is 9.19 Å². The summed E-state index contributed by atoms with van der Waals surface area (Å²) in [7, 11) is -3.70. The smallest absolute Gasteiger partial charge is 0.198 e. The molecule has 0 radical (unpaired) electrons. The van der Waals surface area contributed by atoms with E-state index in [1.54, 1.807) is 13.8 Å². The molecule has 0 aliphatic carbocycles. The van der Waals surface area contributed by atoms with Crippen LogP contribution in [0.5, 0.6) is 0 Å². The Morgan fingerprint density at radius 3 is 2.35 bits per heavy atom. The molecule has 17 heavy (non-hydrogen) atoms. The van der Waals surface area contributed by atoms with Gasteiger partial charge >= 0.3 is 0 Å². The SMILES string of the molecule is Cc1nn(S(=O)(=O)c2ccc(Cl)s2)c(C)c1Cl. The fraction of sp³-hybridized carbons (Fsp3) is 0.222. The van der Waals surface area contributed by atoms with Gasteiger partial charge in [-0.1, -0.05) is 23.2 Å². The minimum absolute atomic E-state index is 0.143. The predicted octanol–water partition coefficient (Wildman–Crippen LogP) is 3.11. The number of hydrogen-bond donors (Lipinski definition) is 0. The zero-order valence-electron chi connectivity index (χ0n) is 8.94. The normalized spacial score (nSPS) is 12.0.